The number of anilines is 1. The van der Waals surface area contributed by atoms with Crippen LogP contribution >= 0.6 is 0 Å². The summed E-state index contributed by atoms with van der Waals surface area (Å²) < 4.78 is 10.5. The summed E-state index contributed by atoms with van der Waals surface area (Å²) in [4.78, 5) is 38.0. The molecule has 0 fully saturated rings. The van der Waals surface area contributed by atoms with E-state index in [-0.39, 0.29) is 24.9 Å². The number of nitrogens with zero attached hydrogens (tertiary/aromatic N) is 1. The Labute approximate surface area is 181 Å². The summed E-state index contributed by atoms with van der Waals surface area (Å²) in [5, 5.41) is 1.99. The topological polar surface area (TPSA) is 72.9 Å². The summed E-state index contributed by atoms with van der Waals surface area (Å²) in [6.07, 6.45) is 0.425. The van der Waals surface area contributed by atoms with Crippen molar-refractivity contribution >= 4 is 34.1 Å². The minimum absolute atomic E-state index is 0.0381. The molecular weight excluding hydrogens is 394 g/mol. The molecule has 3 aromatic rings. The van der Waals surface area contributed by atoms with Gasteiger partial charge in [-0.15, -0.1) is 0 Å². The molecule has 0 atom stereocenters. The molecule has 6 nitrogen and oxygen atoms in total. The van der Waals surface area contributed by atoms with Crippen molar-refractivity contribution in [3.8, 4) is 5.75 Å². The first-order chi connectivity index (χ1) is 15.0. The van der Waals surface area contributed by atoms with Gasteiger partial charge in [0.1, 0.15) is 5.75 Å². The lowest BCUT2D eigenvalue weighted by Crippen LogP contribution is -2.35. The van der Waals surface area contributed by atoms with Gasteiger partial charge < -0.3 is 14.4 Å². The van der Waals surface area contributed by atoms with Gasteiger partial charge in [0.05, 0.1) is 5.69 Å². The number of carbonyl (C=O) groups is 3. The van der Waals surface area contributed by atoms with E-state index < -0.39 is 5.97 Å². The van der Waals surface area contributed by atoms with Crippen LogP contribution in [0.4, 0.5) is 5.69 Å². The lowest BCUT2D eigenvalue weighted by molar-refractivity contribution is -0.149. The highest BCUT2D eigenvalue weighted by molar-refractivity contribution is 6.04. The molecule has 31 heavy (non-hydrogen) atoms. The third-order valence-corrected chi connectivity index (χ3v) is 4.89. The average molecular weight is 419 g/mol. The van der Waals surface area contributed by atoms with E-state index in [4.69, 9.17) is 9.47 Å². The van der Waals surface area contributed by atoms with Crippen molar-refractivity contribution in [3.05, 3.63) is 72.3 Å². The van der Waals surface area contributed by atoms with Crippen LogP contribution in [0, 0.1) is 0 Å². The SMILES string of the molecule is CCC(=O)c1ccc(OCC(=O)OCC(=O)N(CC)c2cccc3ccccc23)cc1. The number of likely N-dealkylation sites (N-methyl/N-ethyl adjacent to an activating group) is 1. The maximum absolute atomic E-state index is 12.7. The molecule has 160 valence electrons. The number of Topliss-reactive ketones (excluding diaryl/α,β-unsaturated/α-hetero) is 1. The molecular formula is C25H25NO5. The molecule has 3 rings (SSSR count). The summed E-state index contributed by atoms with van der Waals surface area (Å²) in [5.74, 6) is -0.469. The highest BCUT2D eigenvalue weighted by Crippen LogP contribution is 2.26. The van der Waals surface area contributed by atoms with Crippen molar-refractivity contribution in [1.82, 2.24) is 0 Å². The van der Waals surface area contributed by atoms with Crippen LogP contribution in [0.15, 0.2) is 66.7 Å². The Kier molecular flexibility index (Phi) is 7.38. The molecule has 1 amide bonds. The number of benzene rings is 3. The Bertz CT molecular complexity index is 1070. The van der Waals surface area contributed by atoms with Crippen molar-refractivity contribution in [1.29, 1.82) is 0 Å². The summed E-state index contributed by atoms with van der Waals surface area (Å²) in [6, 6.07) is 20.1. The maximum Gasteiger partial charge on any atom is 0.344 e. The number of hydrogen-bond donors (Lipinski definition) is 0. The van der Waals surface area contributed by atoms with E-state index in [1.54, 1.807) is 36.1 Å². The smallest absolute Gasteiger partial charge is 0.344 e. The molecule has 0 unspecified atom stereocenters. The van der Waals surface area contributed by atoms with E-state index in [0.717, 1.165) is 16.5 Å². The Hall–Kier alpha value is -3.67. The third kappa shape index (κ3) is 5.48. The Morgan fingerprint density at radius 2 is 1.55 bits per heavy atom. The summed E-state index contributed by atoms with van der Waals surface area (Å²) in [7, 11) is 0. The van der Waals surface area contributed by atoms with Gasteiger partial charge >= 0.3 is 5.97 Å². The highest BCUT2D eigenvalue weighted by atomic mass is 16.6. The predicted molar refractivity (Wildman–Crippen MR) is 119 cm³/mol. The Balaban J connectivity index is 1.55. The van der Waals surface area contributed by atoms with E-state index in [9.17, 15) is 14.4 Å². The average Bonchev–Trinajstić information content (AvgIpc) is 2.81. The van der Waals surface area contributed by atoms with Crippen molar-refractivity contribution in [3.63, 3.8) is 0 Å². The van der Waals surface area contributed by atoms with E-state index in [0.29, 0.717) is 24.3 Å². The predicted octanol–water partition coefficient (Wildman–Crippen LogP) is 4.41. The second-order valence-corrected chi connectivity index (χ2v) is 6.89. The standard InChI is InChI=1S/C25H25NO5/c1-3-23(27)19-12-14-20(15-13-19)30-17-25(29)31-16-24(28)26(4-2)22-11-7-9-18-8-5-6-10-21(18)22/h5-15H,3-4,16-17H2,1-2H3. The highest BCUT2D eigenvalue weighted by Gasteiger charge is 2.18. The zero-order valence-electron chi connectivity index (χ0n) is 17.7. The fourth-order valence-corrected chi connectivity index (χ4v) is 3.27. The molecule has 0 saturated carbocycles. The van der Waals surface area contributed by atoms with Gasteiger partial charge in [0, 0.05) is 23.9 Å². The van der Waals surface area contributed by atoms with Crippen LogP contribution in [0.25, 0.3) is 10.8 Å². The summed E-state index contributed by atoms with van der Waals surface area (Å²) >= 11 is 0. The van der Waals surface area contributed by atoms with Crippen LogP contribution in [0.5, 0.6) is 5.75 Å². The van der Waals surface area contributed by atoms with Gasteiger partial charge in [-0.1, -0.05) is 43.3 Å². The quantitative estimate of drug-likeness (QED) is 0.379. The number of ether oxygens (including phenoxy) is 2. The van der Waals surface area contributed by atoms with Crippen molar-refractivity contribution in [2.75, 3.05) is 24.7 Å². The van der Waals surface area contributed by atoms with Crippen molar-refractivity contribution in [2.24, 2.45) is 0 Å². The lowest BCUT2D eigenvalue weighted by atomic mass is 10.1. The van der Waals surface area contributed by atoms with Gasteiger partial charge in [-0.05, 0) is 42.6 Å². The first-order valence-corrected chi connectivity index (χ1v) is 10.2. The van der Waals surface area contributed by atoms with Gasteiger partial charge in [-0.2, -0.15) is 0 Å². The number of fused-ring (bicyclic) bond motifs is 1. The van der Waals surface area contributed by atoms with E-state index in [2.05, 4.69) is 0 Å². The molecule has 0 aromatic heterocycles. The normalized spacial score (nSPS) is 10.5. The van der Waals surface area contributed by atoms with Crippen LogP contribution in [0.3, 0.4) is 0 Å². The molecule has 0 spiro atoms. The van der Waals surface area contributed by atoms with Gasteiger partial charge in [0.25, 0.3) is 5.91 Å². The Morgan fingerprint density at radius 3 is 2.26 bits per heavy atom. The second-order valence-electron chi connectivity index (χ2n) is 6.89. The first kappa shape index (κ1) is 22.0. The number of hydrogen-bond acceptors (Lipinski definition) is 5. The number of rotatable bonds is 9. The molecule has 0 radical (unpaired) electrons. The van der Waals surface area contributed by atoms with Crippen LogP contribution in [0.2, 0.25) is 0 Å². The molecule has 0 saturated heterocycles. The second kappa shape index (κ2) is 10.4. The minimum Gasteiger partial charge on any atom is -0.482 e. The van der Waals surface area contributed by atoms with Crippen LogP contribution in [-0.4, -0.2) is 37.4 Å². The zero-order chi connectivity index (χ0) is 22.2. The number of ketones is 1. The van der Waals surface area contributed by atoms with Crippen molar-refractivity contribution in [2.45, 2.75) is 20.3 Å². The first-order valence-electron chi connectivity index (χ1n) is 10.2. The molecule has 0 aliphatic rings. The van der Waals surface area contributed by atoms with Gasteiger partial charge in [-0.25, -0.2) is 4.79 Å². The molecule has 0 bridgehead atoms. The van der Waals surface area contributed by atoms with Crippen LogP contribution in [-0.2, 0) is 14.3 Å². The van der Waals surface area contributed by atoms with E-state index in [1.165, 1.54) is 0 Å². The third-order valence-electron chi connectivity index (χ3n) is 4.89. The van der Waals surface area contributed by atoms with Crippen LogP contribution in [0.1, 0.15) is 30.6 Å². The fraction of sp³-hybridized carbons (Fsp3) is 0.240. The Morgan fingerprint density at radius 1 is 0.839 bits per heavy atom. The monoisotopic (exact) mass is 419 g/mol. The van der Waals surface area contributed by atoms with Crippen molar-refractivity contribution < 1.29 is 23.9 Å². The fourth-order valence-electron chi connectivity index (χ4n) is 3.27. The molecule has 6 heteroatoms. The molecule has 3 aromatic carbocycles. The van der Waals surface area contributed by atoms with E-state index >= 15 is 0 Å². The minimum atomic E-state index is -0.643. The number of carbonyl (C=O) groups excluding carboxylic acids is 3. The number of esters is 1. The van der Waals surface area contributed by atoms with E-state index in [1.807, 2.05) is 49.4 Å². The molecule has 0 aliphatic heterocycles. The number of amides is 1. The summed E-state index contributed by atoms with van der Waals surface area (Å²) in [5.41, 5.74) is 1.37. The summed E-state index contributed by atoms with van der Waals surface area (Å²) in [6.45, 7) is 3.42. The largest absolute Gasteiger partial charge is 0.482 e. The molecule has 0 aliphatic carbocycles. The van der Waals surface area contributed by atoms with Crippen LogP contribution < -0.4 is 9.64 Å². The maximum atomic E-state index is 12.7. The van der Waals surface area contributed by atoms with Gasteiger partial charge in [0.2, 0.25) is 0 Å². The zero-order valence-corrected chi connectivity index (χ0v) is 17.7. The molecule has 0 N–H and O–H groups in total. The van der Waals surface area contributed by atoms with Gasteiger partial charge in [-0.3, -0.25) is 9.59 Å². The molecule has 0 heterocycles. The van der Waals surface area contributed by atoms with Gasteiger partial charge in [0.15, 0.2) is 19.0 Å². The lowest BCUT2D eigenvalue weighted by Gasteiger charge is -2.22.